The van der Waals surface area contributed by atoms with Crippen molar-refractivity contribution in [3.05, 3.63) is 34.6 Å². The summed E-state index contributed by atoms with van der Waals surface area (Å²) in [5, 5.41) is 11.9. The standard InChI is InChI=1S/C14H15ClFNO3/c1-14(13(19)20)7-3-6-10(14)17-12(18)11-8(15)4-2-5-9(11)16/h2,4-5,10H,3,6-7H2,1H3,(H,17,18)(H,19,20). The molecule has 2 unspecified atom stereocenters. The third-order valence-corrected chi connectivity index (χ3v) is 4.26. The first-order chi connectivity index (χ1) is 9.36. The van der Waals surface area contributed by atoms with Crippen LogP contribution in [0, 0.1) is 11.2 Å². The number of amides is 1. The SMILES string of the molecule is CC1(C(=O)O)CCCC1NC(=O)c1c(F)cccc1Cl. The van der Waals surface area contributed by atoms with Crippen LogP contribution >= 0.6 is 11.6 Å². The van der Waals surface area contributed by atoms with Crippen molar-refractivity contribution in [2.45, 2.75) is 32.2 Å². The molecule has 0 radical (unpaired) electrons. The van der Waals surface area contributed by atoms with Crippen molar-refractivity contribution in [2.24, 2.45) is 5.41 Å². The Balaban J connectivity index is 2.22. The number of nitrogens with one attached hydrogen (secondary N) is 1. The molecule has 6 heteroatoms. The highest BCUT2D eigenvalue weighted by molar-refractivity contribution is 6.33. The second-order valence-corrected chi connectivity index (χ2v) is 5.64. The number of carboxylic acid groups (broad SMARTS) is 1. The molecule has 1 aliphatic carbocycles. The van der Waals surface area contributed by atoms with E-state index >= 15 is 0 Å². The first-order valence-corrected chi connectivity index (χ1v) is 6.72. The Morgan fingerprint density at radius 2 is 2.20 bits per heavy atom. The first kappa shape index (κ1) is 14.8. The van der Waals surface area contributed by atoms with Crippen LogP contribution in [0.15, 0.2) is 18.2 Å². The Kier molecular flexibility index (Phi) is 3.99. The van der Waals surface area contributed by atoms with E-state index in [-0.39, 0.29) is 10.6 Å². The first-order valence-electron chi connectivity index (χ1n) is 6.34. The van der Waals surface area contributed by atoms with E-state index in [2.05, 4.69) is 5.32 Å². The maximum absolute atomic E-state index is 13.7. The highest BCUT2D eigenvalue weighted by atomic mass is 35.5. The Morgan fingerprint density at radius 3 is 2.80 bits per heavy atom. The third-order valence-electron chi connectivity index (χ3n) is 3.94. The summed E-state index contributed by atoms with van der Waals surface area (Å²) < 4.78 is 13.7. The molecule has 0 aliphatic heterocycles. The second-order valence-electron chi connectivity index (χ2n) is 5.24. The van der Waals surface area contributed by atoms with Crippen LogP contribution in [-0.4, -0.2) is 23.0 Å². The van der Waals surface area contributed by atoms with Crippen molar-refractivity contribution in [3.63, 3.8) is 0 Å². The molecule has 2 rings (SSSR count). The van der Waals surface area contributed by atoms with Crippen molar-refractivity contribution < 1.29 is 19.1 Å². The summed E-state index contributed by atoms with van der Waals surface area (Å²) in [6, 6.07) is 3.45. The highest BCUT2D eigenvalue weighted by Gasteiger charge is 2.46. The molecule has 1 aromatic rings. The number of rotatable bonds is 3. The Morgan fingerprint density at radius 1 is 1.50 bits per heavy atom. The third kappa shape index (κ3) is 2.50. The maximum atomic E-state index is 13.7. The number of aliphatic carboxylic acids is 1. The molecule has 2 N–H and O–H groups in total. The minimum Gasteiger partial charge on any atom is -0.481 e. The summed E-state index contributed by atoms with van der Waals surface area (Å²) in [5.41, 5.74) is -1.26. The predicted octanol–water partition coefficient (Wildman–Crippen LogP) is 2.85. The van der Waals surface area contributed by atoms with Crippen LogP contribution < -0.4 is 5.32 Å². The van der Waals surface area contributed by atoms with Crippen LogP contribution in [0.25, 0.3) is 0 Å². The van der Waals surface area contributed by atoms with E-state index in [9.17, 15) is 19.1 Å². The molecule has 4 nitrogen and oxygen atoms in total. The molecule has 108 valence electrons. The fourth-order valence-electron chi connectivity index (χ4n) is 2.60. The molecule has 1 aromatic carbocycles. The van der Waals surface area contributed by atoms with Gasteiger partial charge in [-0.1, -0.05) is 24.1 Å². The zero-order valence-corrected chi connectivity index (χ0v) is 11.7. The average molecular weight is 300 g/mol. The lowest BCUT2D eigenvalue weighted by atomic mass is 9.85. The summed E-state index contributed by atoms with van der Waals surface area (Å²) in [6.45, 7) is 1.59. The lowest BCUT2D eigenvalue weighted by Gasteiger charge is -2.27. The van der Waals surface area contributed by atoms with E-state index in [0.717, 1.165) is 6.07 Å². The molecule has 20 heavy (non-hydrogen) atoms. The van der Waals surface area contributed by atoms with Crippen LogP contribution in [-0.2, 0) is 4.79 Å². The largest absolute Gasteiger partial charge is 0.481 e. The Hall–Kier alpha value is -1.62. The average Bonchev–Trinajstić information content (AvgIpc) is 2.72. The van der Waals surface area contributed by atoms with Gasteiger partial charge in [0, 0.05) is 6.04 Å². The van der Waals surface area contributed by atoms with Gasteiger partial charge in [0.1, 0.15) is 5.82 Å². The van der Waals surface area contributed by atoms with Gasteiger partial charge in [0.2, 0.25) is 0 Å². The number of halogens is 2. The van der Waals surface area contributed by atoms with Crippen LogP contribution in [0.5, 0.6) is 0 Å². The van der Waals surface area contributed by atoms with Crippen molar-refractivity contribution in [1.29, 1.82) is 0 Å². The molecule has 0 bridgehead atoms. The molecular weight excluding hydrogens is 285 g/mol. The number of carbonyl (C=O) groups excluding carboxylic acids is 1. The zero-order chi connectivity index (χ0) is 14.9. The fraction of sp³-hybridized carbons (Fsp3) is 0.429. The van der Waals surface area contributed by atoms with Gasteiger partial charge in [-0.3, -0.25) is 9.59 Å². The van der Waals surface area contributed by atoms with E-state index in [0.29, 0.717) is 19.3 Å². The van der Waals surface area contributed by atoms with Gasteiger partial charge in [-0.25, -0.2) is 4.39 Å². The number of hydrogen-bond acceptors (Lipinski definition) is 2. The molecule has 0 spiro atoms. The number of carboxylic acids is 1. The maximum Gasteiger partial charge on any atom is 0.311 e. The summed E-state index contributed by atoms with van der Waals surface area (Å²) in [5.74, 6) is -2.35. The molecule has 0 saturated heterocycles. The Bertz CT molecular complexity index is 543. The van der Waals surface area contributed by atoms with E-state index in [1.54, 1.807) is 6.92 Å². The smallest absolute Gasteiger partial charge is 0.311 e. The Labute approximate surface area is 120 Å². The molecule has 1 amide bonds. The minimum atomic E-state index is -1.02. The van der Waals surface area contributed by atoms with Crippen LogP contribution in [0.4, 0.5) is 4.39 Å². The van der Waals surface area contributed by atoms with Crippen LogP contribution in [0.3, 0.4) is 0 Å². The quantitative estimate of drug-likeness (QED) is 0.902. The topological polar surface area (TPSA) is 66.4 Å². The summed E-state index contributed by atoms with van der Waals surface area (Å²) in [6.07, 6.45) is 1.75. The molecular formula is C14H15ClFNO3. The van der Waals surface area contributed by atoms with Crippen molar-refractivity contribution in [2.75, 3.05) is 0 Å². The number of carbonyl (C=O) groups is 2. The zero-order valence-electron chi connectivity index (χ0n) is 11.0. The number of hydrogen-bond donors (Lipinski definition) is 2. The highest BCUT2D eigenvalue weighted by Crippen LogP contribution is 2.38. The van der Waals surface area contributed by atoms with Gasteiger partial charge >= 0.3 is 5.97 Å². The summed E-state index contributed by atoms with van der Waals surface area (Å²) in [4.78, 5) is 23.5. The van der Waals surface area contributed by atoms with Crippen LogP contribution in [0.2, 0.25) is 5.02 Å². The van der Waals surface area contributed by atoms with Gasteiger partial charge in [0.25, 0.3) is 5.91 Å². The monoisotopic (exact) mass is 299 g/mol. The van der Waals surface area contributed by atoms with Gasteiger partial charge in [-0.15, -0.1) is 0 Å². The lowest BCUT2D eigenvalue weighted by Crippen LogP contribution is -2.47. The molecule has 0 heterocycles. The van der Waals surface area contributed by atoms with Crippen molar-refractivity contribution in [3.8, 4) is 0 Å². The minimum absolute atomic E-state index is 0.0116. The normalized spacial score (nSPS) is 25.4. The van der Waals surface area contributed by atoms with Crippen molar-refractivity contribution in [1.82, 2.24) is 5.32 Å². The van der Waals surface area contributed by atoms with Gasteiger partial charge in [-0.05, 0) is 31.9 Å². The van der Waals surface area contributed by atoms with E-state index in [4.69, 9.17) is 11.6 Å². The van der Waals surface area contributed by atoms with Gasteiger partial charge in [0.05, 0.1) is 16.0 Å². The van der Waals surface area contributed by atoms with Gasteiger partial charge in [0.15, 0.2) is 0 Å². The molecule has 1 fully saturated rings. The van der Waals surface area contributed by atoms with Gasteiger partial charge in [-0.2, -0.15) is 0 Å². The second kappa shape index (κ2) is 5.40. The number of benzene rings is 1. The molecule has 2 atom stereocenters. The fourth-order valence-corrected chi connectivity index (χ4v) is 2.85. The van der Waals surface area contributed by atoms with Crippen molar-refractivity contribution >= 4 is 23.5 Å². The van der Waals surface area contributed by atoms with Gasteiger partial charge < -0.3 is 10.4 Å². The summed E-state index contributed by atoms with van der Waals surface area (Å²) in [7, 11) is 0. The molecule has 1 aliphatic rings. The molecule has 0 aromatic heterocycles. The predicted molar refractivity (Wildman–Crippen MR) is 72.3 cm³/mol. The summed E-state index contributed by atoms with van der Waals surface area (Å²) >= 11 is 5.83. The van der Waals surface area contributed by atoms with Crippen LogP contribution in [0.1, 0.15) is 36.5 Å². The van der Waals surface area contributed by atoms with E-state index < -0.39 is 29.2 Å². The van der Waals surface area contributed by atoms with E-state index in [1.807, 2.05) is 0 Å². The van der Waals surface area contributed by atoms with E-state index in [1.165, 1.54) is 12.1 Å². The molecule has 1 saturated carbocycles. The lowest BCUT2D eigenvalue weighted by molar-refractivity contribution is -0.148.